The van der Waals surface area contributed by atoms with E-state index in [-0.39, 0.29) is 43.4 Å². The number of carbonyl (C=O) groups is 4. The first-order chi connectivity index (χ1) is 19.8. The zero-order valence-electron chi connectivity index (χ0n) is 23.0. The molecule has 0 spiro atoms. The van der Waals surface area contributed by atoms with E-state index < -0.39 is 18.0 Å². The number of benzene rings is 3. The molecule has 1 heterocycles. The van der Waals surface area contributed by atoms with Crippen molar-refractivity contribution in [2.45, 2.75) is 51.0 Å². The van der Waals surface area contributed by atoms with Crippen LogP contribution < -0.4 is 5.32 Å². The summed E-state index contributed by atoms with van der Waals surface area (Å²) in [6, 6.07) is 25.6. The van der Waals surface area contributed by atoms with E-state index in [1.165, 1.54) is 0 Å². The Morgan fingerprint density at radius 3 is 1.95 bits per heavy atom. The number of piperidine rings is 1. The fourth-order valence-electron chi connectivity index (χ4n) is 5.30. The van der Waals surface area contributed by atoms with Crippen LogP contribution >= 0.6 is 0 Å². The number of likely N-dealkylation sites (tertiary alicyclic amines) is 1. The lowest BCUT2D eigenvalue weighted by molar-refractivity contribution is -0.143. The summed E-state index contributed by atoms with van der Waals surface area (Å²) >= 11 is 0. The molecule has 3 N–H and O–H groups in total. The van der Waals surface area contributed by atoms with Crippen LogP contribution in [0.25, 0.3) is 22.3 Å². The van der Waals surface area contributed by atoms with E-state index in [1.807, 2.05) is 42.5 Å². The normalized spacial score (nSPS) is 15.6. The van der Waals surface area contributed by atoms with E-state index in [9.17, 15) is 19.2 Å². The molecule has 8 heteroatoms. The third-order valence-electron chi connectivity index (χ3n) is 7.49. The van der Waals surface area contributed by atoms with Crippen LogP contribution in [-0.2, 0) is 25.6 Å². The van der Waals surface area contributed by atoms with Crippen molar-refractivity contribution in [1.82, 2.24) is 10.2 Å². The number of carbonyl (C=O) groups excluding carboxylic acids is 2. The number of carboxylic acids is 2. The molecule has 1 aliphatic rings. The zero-order chi connectivity index (χ0) is 29.2. The number of hydrogen-bond donors (Lipinski definition) is 3. The molecular formula is C33H36N2O6. The predicted octanol–water partition coefficient (Wildman–Crippen LogP) is 5.02. The molecule has 0 aromatic heterocycles. The van der Waals surface area contributed by atoms with Crippen molar-refractivity contribution in [3.63, 3.8) is 0 Å². The topological polar surface area (TPSA) is 124 Å². The number of nitrogens with zero attached hydrogens (tertiary/aromatic N) is 1. The van der Waals surface area contributed by atoms with Crippen molar-refractivity contribution in [3.8, 4) is 22.3 Å². The van der Waals surface area contributed by atoms with Crippen molar-refractivity contribution in [2.24, 2.45) is 5.92 Å². The number of nitrogens with one attached hydrogen (secondary N) is 1. The molecule has 41 heavy (non-hydrogen) atoms. The molecule has 1 aliphatic heterocycles. The van der Waals surface area contributed by atoms with Crippen LogP contribution in [0.2, 0.25) is 0 Å². The standard InChI is InChI=1S/C33H36N2O6/c36-30(34-29(17-19-31(37)38)33(41)35-20-4-5-24(22-35)21-32(39)40)18-10-23-8-11-26(12-9-23)28-15-13-27(14-16-28)25-6-2-1-3-7-25/h1-3,6-9,11-16,24,29H,4-5,10,17-22H2,(H,34,36)(H,37,38)(H,39,40)/t24-,29-/m0/s1. The lowest BCUT2D eigenvalue weighted by Gasteiger charge is -2.34. The molecule has 0 bridgehead atoms. The monoisotopic (exact) mass is 556 g/mol. The molecule has 2 atom stereocenters. The van der Waals surface area contributed by atoms with Gasteiger partial charge in [-0.05, 0) is 59.4 Å². The summed E-state index contributed by atoms with van der Waals surface area (Å²) in [4.78, 5) is 49.9. The van der Waals surface area contributed by atoms with Gasteiger partial charge in [-0.15, -0.1) is 0 Å². The molecule has 0 unspecified atom stereocenters. The Kier molecular flexibility index (Phi) is 10.3. The van der Waals surface area contributed by atoms with E-state index in [1.54, 1.807) is 4.90 Å². The van der Waals surface area contributed by atoms with Crippen molar-refractivity contribution < 1.29 is 29.4 Å². The van der Waals surface area contributed by atoms with Gasteiger partial charge >= 0.3 is 11.9 Å². The highest BCUT2D eigenvalue weighted by molar-refractivity contribution is 5.88. The van der Waals surface area contributed by atoms with Gasteiger partial charge in [-0.2, -0.15) is 0 Å². The van der Waals surface area contributed by atoms with Gasteiger partial charge < -0.3 is 20.4 Å². The van der Waals surface area contributed by atoms with Crippen molar-refractivity contribution in [2.75, 3.05) is 13.1 Å². The lowest BCUT2D eigenvalue weighted by Crippen LogP contribution is -2.51. The Morgan fingerprint density at radius 2 is 1.37 bits per heavy atom. The summed E-state index contributed by atoms with van der Waals surface area (Å²) in [7, 11) is 0. The van der Waals surface area contributed by atoms with Gasteiger partial charge in [0.2, 0.25) is 11.8 Å². The maximum atomic E-state index is 13.2. The molecular weight excluding hydrogens is 520 g/mol. The number of hydrogen-bond acceptors (Lipinski definition) is 4. The van der Waals surface area contributed by atoms with Gasteiger partial charge in [-0.25, -0.2) is 0 Å². The summed E-state index contributed by atoms with van der Waals surface area (Å²) in [6.07, 6.45) is 1.74. The molecule has 3 aromatic rings. The Morgan fingerprint density at radius 1 is 0.780 bits per heavy atom. The molecule has 0 saturated carbocycles. The van der Waals surface area contributed by atoms with E-state index in [4.69, 9.17) is 10.2 Å². The average Bonchev–Trinajstić information content (AvgIpc) is 2.98. The van der Waals surface area contributed by atoms with Crippen LogP contribution in [0.5, 0.6) is 0 Å². The second kappa shape index (κ2) is 14.3. The molecule has 4 rings (SSSR count). The largest absolute Gasteiger partial charge is 0.481 e. The molecule has 8 nitrogen and oxygen atoms in total. The highest BCUT2D eigenvalue weighted by atomic mass is 16.4. The molecule has 2 amide bonds. The SMILES string of the molecule is O=C(O)CC[C@H](NC(=O)CCc1ccc(-c2ccc(-c3ccccc3)cc2)cc1)C(=O)N1CCC[C@@H](CC(=O)O)C1. The van der Waals surface area contributed by atoms with Crippen LogP contribution in [-0.4, -0.2) is 58.0 Å². The number of aryl methyl sites for hydroxylation is 1. The minimum Gasteiger partial charge on any atom is -0.481 e. The highest BCUT2D eigenvalue weighted by Gasteiger charge is 2.31. The maximum absolute atomic E-state index is 13.2. The van der Waals surface area contributed by atoms with Crippen LogP contribution in [0.4, 0.5) is 0 Å². The molecule has 1 fully saturated rings. The van der Waals surface area contributed by atoms with Crippen molar-refractivity contribution in [3.05, 3.63) is 84.4 Å². The van der Waals surface area contributed by atoms with Gasteiger partial charge in [0.15, 0.2) is 0 Å². The summed E-state index contributed by atoms with van der Waals surface area (Å²) < 4.78 is 0. The van der Waals surface area contributed by atoms with Crippen LogP contribution in [0.1, 0.15) is 44.1 Å². The Balaban J connectivity index is 1.32. The van der Waals surface area contributed by atoms with Gasteiger partial charge in [0.05, 0.1) is 0 Å². The van der Waals surface area contributed by atoms with Gasteiger partial charge in [-0.3, -0.25) is 19.2 Å². The molecule has 0 radical (unpaired) electrons. The highest BCUT2D eigenvalue weighted by Crippen LogP contribution is 2.25. The van der Waals surface area contributed by atoms with E-state index >= 15 is 0 Å². The molecule has 214 valence electrons. The van der Waals surface area contributed by atoms with E-state index in [0.29, 0.717) is 25.9 Å². The van der Waals surface area contributed by atoms with Crippen LogP contribution in [0, 0.1) is 5.92 Å². The fraction of sp³-hybridized carbons (Fsp3) is 0.333. The Bertz CT molecular complexity index is 1340. The smallest absolute Gasteiger partial charge is 0.303 e. The third-order valence-corrected chi connectivity index (χ3v) is 7.49. The van der Waals surface area contributed by atoms with Gasteiger partial charge in [0, 0.05) is 32.4 Å². The molecule has 3 aromatic carbocycles. The number of carboxylic acid groups (broad SMARTS) is 2. The minimum atomic E-state index is -1.05. The van der Waals surface area contributed by atoms with E-state index in [0.717, 1.165) is 34.2 Å². The Hall–Kier alpha value is -4.46. The number of aliphatic carboxylic acids is 2. The second-order valence-corrected chi connectivity index (χ2v) is 10.6. The summed E-state index contributed by atoms with van der Waals surface area (Å²) in [5.74, 6) is -2.78. The van der Waals surface area contributed by atoms with Crippen molar-refractivity contribution >= 4 is 23.8 Å². The van der Waals surface area contributed by atoms with E-state index in [2.05, 4.69) is 41.7 Å². The second-order valence-electron chi connectivity index (χ2n) is 10.6. The quantitative estimate of drug-likeness (QED) is 0.288. The summed E-state index contributed by atoms with van der Waals surface area (Å²) in [6.45, 7) is 0.766. The van der Waals surface area contributed by atoms with Gasteiger partial charge in [0.1, 0.15) is 6.04 Å². The van der Waals surface area contributed by atoms with Gasteiger partial charge in [0.25, 0.3) is 0 Å². The number of rotatable bonds is 12. The minimum absolute atomic E-state index is 0.0161. The first kappa shape index (κ1) is 29.5. The number of amides is 2. The third kappa shape index (κ3) is 8.76. The maximum Gasteiger partial charge on any atom is 0.303 e. The first-order valence-electron chi connectivity index (χ1n) is 14.0. The van der Waals surface area contributed by atoms with Crippen molar-refractivity contribution in [1.29, 1.82) is 0 Å². The molecule has 0 aliphatic carbocycles. The zero-order valence-corrected chi connectivity index (χ0v) is 23.0. The summed E-state index contributed by atoms with van der Waals surface area (Å²) in [5.41, 5.74) is 5.46. The molecule has 1 saturated heterocycles. The average molecular weight is 557 g/mol. The van der Waals surface area contributed by atoms with Crippen LogP contribution in [0.3, 0.4) is 0 Å². The first-order valence-corrected chi connectivity index (χ1v) is 14.0. The predicted molar refractivity (Wildman–Crippen MR) is 156 cm³/mol. The fourth-order valence-corrected chi connectivity index (χ4v) is 5.30. The van der Waals surface area contributed by atoms with Gasteiger partial charge in [-0.1, -0.05) is 78.9 Å². The Labute approximate surface area is 240 Å². The van der Waals surface area contributed by atoms with Crippen LogP contribution in [0.15, 0.2) is 78.9 Å². The lowest BCUT2D eigenvalue weighted by atomic mass is 9.94. The summed E-state index contributed by atoms with van der Waals surface area (Å²) in [5, 5.41) is 21.0.